The Morgan fingerprint density at radius 2 is 1.55 bits per heavy atom. The number of hydrogen-bond donors (Lipinski definition) is 3. The number of anilines is 3. The molecule has 0 saturated carbocycles. The molecule has 1 atom stereocenters. The maximum absolute atomic E-state index is 13.3. The zero-order valence-electron chi connectivity index (χ0n) is 20.8. The van der Waals surface area contributed by atoms with Crippen LogP contribution in [0.15, 0.2) is 36.5 Å². The van der Waals surface area contributed by atoms with E-state index in [4.69, 9.17) is 4.55 Å². The van der Waals surface area contributed by atoms with Crippen LogP contribution in [-0.4, -0.2) is 74.1 Å². The molecule has 3 N–H and O–H groups in total. The molecule has 1 aliphatic rings. The van der Waals surface area contributed by atoms with E-state index in [0.717, 1.165) is 29.3 Å². The Morgan fingerprint density at radius 3 is 2.10 bits per heavy atom. The number of rotatable bonds is 4. The van der Waals surface area contributed by atoms with Crippen LogP contribution in [0.1, 0.15) is 17.8 Å². The number of β-amino-alcohol motifs (C(OH)–C–C–N with tert-alkyl or cyclic N) is 1. The summed E-state index contributed by atoms with van der Waals surface area (Å²) in [6.07, 6.45) is -13.8. The van der Waals surface area contributed by atoms with Gasteiger partial charge in [0.2, 0.25) is 11.9 Å². The van der Waals surface area contributed by atoms with Crippen molar-refractivity contribution in [1.29, 1.82) is 0 Å². The lowest BCUT2D eigenvalue weighted by Gasteiger charge is -2.26. The Kier molecular flexibility index (Phi) is 8.89. The van der Waals surface area contributed by atoms with Crippen molar-refractivity contribution in [2.75, 3.05) is 29.6 Å². The number of hydrogen-bond acceptors (Lipinski definition) is 10. The molecule has 4 heterocycles. The van der Waals surface area contributed by atoms with Gasteiger partial charge >= 0.3 is 18.5 Å². The minimum absolute atomic E-state index is 0.226. The fourth-order valence-electron chi connectivity index (χ4n) is 3.38. The monoisotopic (exact) mass is 635 g/mol. The highest BCUT2D eigenvalue weighted by molar-refractivity contribution is 7.85. The first-order valence-corrected chi connectivity index (χ1v) is 13.0. The van der Waals surface area contributed by atoms with Gasteiger partial charge in [0.05, 0.1) is 12.8 Å². The SMILES string of the molecule is CS(=O)(=O)O.O[C@@]1(C(F)(F)F)CCN(c2nc(Nc3ccnc(C(F)(F)F)c3)nc(-c3cccc(C(F)(F)F)n3)n2)C1. The molecule has 0 aliphatic carbocycles. The average Bonchev–Trinajstić information content (AvgIpc) is 3.26. The molecule has 0 amide bonds. The van der Waals surface area contributed by atoms with E-state index in [-0.39, 0.29) is 12.2 Å². The number of nitrogens with one attached hydrogen (secondary N) is 1. The molecule has 230 valence electrons. The predicted octanol–water partition coefficient (Wildman–Crippen LogP) is 4.12. The third kappa shape index (κ3) is 8.58. The normalized spacial score (nSPS) is 18.0. The molecule has 0 spiro atoms. The van der Waals surface area contributed by atoms with Crippen LogP contribution in [0, 0.1) is 0 Å². The van der Waals surface area contributed by atoms with Crippen molar-refractivity contribution in [2.45, 2.75) is 30.6 Å². The molecule has 4 rings (SSSR count). The Bertz CT molecular complexity index is 1530. The van der Waals surface area contributed by atoms with Crippen LogP contribution < -0.4 is 10.2 Å². The summed E-state index contributed by atoms with van der Waals surface area (Å²) in [5.41, 5.74) is -6.35. The lowest BCUT2D eigenvalue weighted by atomic mass is 10.0. The second-order valence-electron chi connectivity index (χ2n) is 8.67. The summed E-state index contributed by atoms with van der Waals surface area (Å²) in [7, 11) is -3.67. The van der Waals surface area contributed by atoms with E-state index in [2.05, 4.69) is 30.2 Å². The van der Waals surface area contributed by atoms with Gasteiger partial charge in [0, 0.05) is 24.8 Å². The van der Waals surface area contributed by atoms with E-state index in [9.17, 15) is 53.0 Å². The molecule has 0 aromatic carbocycles. The van der Waals surface area contributed by atoms with Crippen LogP contribution >= 0.6 is 0 Å². The minimum atomic E-state index is -4.99. The number of aliphatic hydroxyl groups is 1. The van der Waals surface area contributed by atoms with Gasteiger partial charge in [-0.2, -0.15) is 62.9 Å². The van der Waals surface area contributed by atoms with Gasteiger partial charge in [-0.25, -0.2) is 4.98 Å². The second-order valence-corrected chi connectivity index (χ2v) is 10.1. The molecular weight excluding hydrogens is 617 g/mol. The fourth-order valence-corrected chi connectivity index (χ4v) is 3.38. The average molecular weight is 635 g/mol. The first-order chi connectivity index (χ1) is 19.0. The number of aromatic nitrogens is 5. The number of nitrogens with zero attached hydrogens (tertiary/aromatic N) is 6. The highest BCUT2D eigenvalue weighted by atomic mass is 32.2. The first-order valence-electron chi connectivity index (χ1n) is 11.1. The zero-order valence-corrected chi connectivity index (χ0v) is 21.6. The lowest BCUT2D eigenvalue weighted by Crippen LogP contribution is -2.47. The van der Waals surface area contributed by atoms with Crippen LogP contribution in [0.3, 0.4) is 0 Å². The maximum atomic E-state index is 13.3. The number of pyridine rings is 2. The summed E-state index contributed by atoms with van der Waals surface area (Å²) in [4.78, 5) is 19.3. The van der Waals surface area contributed by atoms with Crippen molar-refractivity contribution in [3.05, 3.63) is 47.9 Å². The molecule has 0 radical (unpaired) electrons. The van der Waals surface area contributed by atoms with Crippen molar-refractivity contribution >= 4 is 27.7 Å². The van der Waals surface area contributed by atoms with Crippen LogP contribution in [0.5, 0.6) is 0 Å². The molecule has 21 heteroatoms. The van der Waals surface area contributed by atoms with Crippen LogP contribution in [0.25, 0.3) is 11.5 Å². The molecular formula is C21H18F9N7O4S. The van der Waals surface area contributed by atoms with E-state index < -0.39 is 82.0 Å². The highest BCUT2D eigenvalue weighted by Crippen LogP contribution is 2.39. The van der Waals surface area contributed by atoms with E-state index >= 15 is 0 Å². The third-order valence-electron chi connectivity index (χ3n) is 5.26. The van der Waals surface area contributed by atoms with Gasteiger partial charge in [0.1, 0.15) is 17.1 Å². The van der Waals surface area contributed by atoms with Crippen LogP contribution in [0.4, 0.5) is 57.1 Å². The molecule has 11 nitrogen and oxygen atoms in total. The smallest absolute Gasteiger partial charge is 0.379 e. The topological polar surface area (TPSA) is 154 Å². The van der Waals surface area contributed by atoms with Crippen LogP contribution in [0.2, 0.25) is 0 Å². The third-order valence-corrected chi connectivity index (χ3v) is 5.26. The predicted molar refractivity (Wildman–Crippen MR) is 126 cm³/mol. The van der Waals surface area contributed by atoms with Gasteiger partial charge in [0.15, 0.2) is 11.4 Å². The standard InChI is InChI=1S/C20H14F9N7O.CH4O3S/c21-18(22,23)12-3-1-2-11(32-12)14-33-15(31-10-4-6-30-13(8-10)19(24,25)26)35-16(34-14)36-7-5-17(37,9-36)20(27,28)29;1-5(2,3)4/h1-4,6,8,37H,5,7,9H2,(H,30,31,33,34,35);1H3,(H,2,3,4)/t17-;/m0./s1. The Morgan fingerprint density at radius 1 is 0.929 bits per heavy atom. The van der Waals surface area contributed by atoms with E-state index in [1.165, 1.54) is 0 Å². The summed E-state index contributed by atoms with van der Waals surface area (Å²) >= 11 is 0. The van der Waals surface area contributed by atoms with E-state index in [0.29, 0.717) is 18.4 Å². The Balaban J connectivity index is 0.000000892. The fraction of sp³-hybridized carbons (Fsp3) is 0.381. The van der Waals surface area contributed by atoms with Crippen molar-refractivity contribution in [2.24, 2.45) is 0 Å². The Hall–Kier alpha value is -3.85. The minimum Gasteiger partial charge on any atom is -0.379 e. The summed E-state index contributed by atoms with van der Waals surface area (Å²) in [5.74, 6) is -1.48. The number of halogens is 9. The molecule has 1 aliphatic heterocycles. The van der Waals surface area contributed by atoms with Gasteiger partial charge in [0.25, 0.3) is 10.1 Å². The van der Waals surface area contributed by atoms with Crippen molar-refractivity contribution in [3.63, 3.8) is 0 Å². The molecule has 3 aromatic rings. The van der Waals surface area contributed by atoms with Gasteiger partial charge in [-0.1, -0.05) is 6.07 Å². The van der Waals surface area contributed by atoms with Gasteiger partial charge < -0.3 is 15.3 Å². The molecule has 1 saturated heterocycles. The van der Waals surface area contributed by atoms with Gasteiger partial charge in [-0.15, -0.1) is 0 Å². The van der Waals surface area contributed by atoms with Gasteiger partial charge in [-0.05, 0) is 24.3 Å². The van der Waals surface area contributed by atoms with E-state index in [1.807, 2.05) is 0 Å². The van der Waals surface area contributed by atoms with Crippen LogP contribution in [-0.2, 0) is 22.5 Å². The molecule has 1 fully saturated rings. The molecule has 3 aromatic heterocycles. The second kappa shape index (κ2) is 11.4. The molecule has 42 heavy (non-hydrogen) atoms. The summed E-state index contributed by atoms with van der Waals surface area (Å²) in [5, 5.41) is 12.4. The summed E-state index contributed by atoms with van der Waals surface area (Å²) in [6.45, 7) is -1.38. The first kappa shape index (κ1) is 32.7. The molecule has 0 unspecified atom stereocenters. The van der Waals surface area contributed by atoms with Crippen molar-refractivity contribution in [1.82, 2.24) is 24.9 Å². The highest BCUT2D eigenvalue weighted by Gasteiger charge is 2.57. The van der Waals surface area contributed by atoms with Crippen molar-refractivity contribution in [3.8, 4) is 11.5 Å². The molecule has 0 bridgehead atoms. The summed E-state index contributed by atoms with van der Waals surface area (Å²) in [6, 6.07) is 4.48. The quantitative estimate of drug-likeness (QED) is 0.280. The van der Waals surface area contributed by atoms with Gasteiger partial charge in [-0.3, -0.25) is 9.54 Å². The largest absolute Gasteiger partial charge is 0.433 e. The lowest BCUT2D eigenvalue weighted by molar-refractivity contribution is -0.250. The number of alkyl halides is 9. The van der Waals surface area contributed by atoms with E-state index in [1.54, 1.807) is 0 Å². The maximum Gasteiger partial charge on any atom is 0.433 e. The Labute approximate surface area is 230 Å². The zero-order chi connectivity index (χ0) is 31.7. The van der Waals surface area contributed by atoms with Crippen molar-refractivity contribution < 1.29 is 57.6 Å². The summed E-state index contributed by atoms with van der Waals surface area (Å²) < 4.78 is 144.